The lowest BCUT2D eigenvalue weighted by molar-refractivity contribution is 0.0951. The van der Waals surface area contributed by atoms with Gasteiger partial charge in [0, 0.05) is 24.1 Å². The molecule has 25 heavy (non-hydrogen) atoms. The average Bonchev–Trinajstić information content (AvgIpc) is 3.41. The van der Waals surface area contributed by atoms with Gasteiger partial charge in [-0.25, -0.2) is 4.68 Å². The molecule has 0 atom stereocenters. The van der Waals surface area contributed by atoms with E-state index in [1.807, 2.05) is 30.3 Å². The van der Waals surface area contributed by atoms with Gasteiger partial charge in [-0.05, 0) is 42.0 Å². The molecule has 1 heterocycles. The highest BCUT2D eigenvalue weighted by atomic mass is 16.1. The van der Waals surface area contributed by atoms with Crippen LogP contribution in [0.25, 0.3) is 0 Å². The second-order valence-electron chi connectivity index (χ2n) is 7.68. The molecule has 0 radical (unpaired) electrons. The molecule has 0 aliphatic heterocycles. The van der Waals surface area contributed by atoms with Gasteiger partial charge in [0.1, 0.15) is 0 Å². The van der Waals surface area contributed by atoms with Gasteiger partial charge in [-0.3, -0.25) is 9.59 Å². The number of aromatic nitrogens is 2. The molecule has 1 aromatic carbocycles. The van der Waals surface area contributed by atoms with Crippen LogP contribution in [0.2, 0.25) is 0 Å². The second kappa shape index (κ2) is 6.82. The van der Waals surface area contributed by atoms with Crippen LogP contribution in [0.5, 0.6) is 0 Å². The summed E-state index contributed by atoms with van der Waals surface area (Å²) < 4.78 is 1.44. The van der Waals surface area contributed by atoms with Crippen LogP contribution in [0, 0.1) is 0 Å². The van der Waals surface area contributed by atoms with Crippen LogP contribution in [0.4, 0.5) is 0 Å². The van der Waals surface area contributed by atoms with Gasteiger partial charge in [0.25, 0.3) is 11.5 Å². The van der Waals surface area contributed by atoms with Crippen molar-refractivity contribution in [3.05, 3.63) is 63.6 Å². The number of benzene rings is 1. The minimum Gasteiger partial charge on any atom is -0.350 e. The molecular formula is C20H25N3O2. The minimum atomic E-state index is -0.133. The van der Waals surface area contributed by atoms with E-state index in [4.69, 9.17) is 0 Å². The number of rotatable bonds is 5. The highest BCUT2D eigenvalue weighted by Crippen LogP contribution is 2.38. The Labute approximate surface area is 148 Å². The number of nitrogens with zero attached hydrogens (tertiary/aromatic N) is 2. The first kappa shape index (κ1) is 17.4. The number of nitrogens with one attached hydrogen (secondary N) is 1. The summed E-state index contributed by atoms with van der Waals surface area (Å²) in [5, 5.41) is 7.25. The first-order valence-corrected chi connectivity index (χ1v) is 8.81. The zero-order chi connectivity index (χ0) is 18.0. The predicted octanol–water partition coefficient (Wildman–Crippen LogP) is 2.85. The summed E-state index contributed by atoms with van der Waals surface area (Å²) in [7, 11) is 0. The first-order chi connectivity index (χ1) is 11.8. The molecule has 0 saturated heterocycles. The summed E-state index contributed by atoms with van der Waals surface area (Å²) in [6.07, 6.45) is 2.29. The lowest BCUT2D eigenvalue weighted by Crippen LogP contribution is -2.32. The molecule has 1 saturated carbocycles. The second-order valence-corrected chi connectivity index (χ2v) is 7.68. The van der Waals surface area contributed by atoms with Crippen molar-refractivity contribution >= 4 is 5.91 Å². The fraction of sp³-hybridized carbons (Fsp3) is 0.450. The molecule has 1 aliphatic carbocycles. The summed E-state index contributed by atoms with van der Waals surface area (Å²) in [5.74, 6) is 0.370. The SMILES string of the molecule is CC(C)(C)c1ccc(C(=O)NCCn2nc(C3CC3)ccc2=O)cc1. The Balaban J connectivity index is 1.57. The molecule has 0 bridgehead atoms. The number of amides is 1. The van der Waals surface area contributed by atoms with E-state index in [0.717, 1.165) is 18.5 Å². The molecule has 0 unspecified atom stereocenters. The quantitative estimate of drug-likeness (QED) is 0.911. The standard InChI is InChI=1S/C20H25N3O2/c1-20(2,3)16-8-6-15(7-9-16)19(25)21-12-13-23-18(24)11-10-17(22-23)14-4-5-14/h6-11,14H,4-5,12-13H2,1-3H3,(H,21,25). The van der Waals surface area contributed by atoms with E-state index in [1.54, 1.807) is 6.07 Å². The van der Waals surface area contributed by atoms with Crippen molar-refractivity contribution in [1.82, 2.24) is 15.1 Å². The van der Waals surface area contributed by atoms with Gasteiger partial charge in [0.15, 0.2) is 0 Å². The van der Waals surface area contributed by atoms with E-state index in [1.165, 1.54) is 10.2 Å². The molecule has 2 aromatic rings. The van der Waals surface area contributed by atoms with Crippen LogP contribution in [-0.4, -0.2) is 22.2 Å². The fourth-order valence-electron chi connectivity index (χ4n) is 2.72. The van der Waals surface area contributed by atoms with Crippen LogP contribution in [-0.2, 0) is 12.0 Å². The van der Waals surface area contributed by atoms with Gasteiger partial charge >= 0.3 is 0 Å². The van der Waals surface area contributed by atoms with Crippen molar-refractivity contribution in [2.24, 2.45) is 0 Å². The van der Waals surface area contributed by atoms with E-state index < -0.39 is 0 Å². The molecule has 1 fully saturated rings. The van der Waals surface area contributed by atoms with Crippen LogP contribution in [0.15, 0.2) is 41.2 Å². The van der Waals surface area contributed by atoms with E-state index >= 15 is 0 Å². The van der Waals surface area contributed by atoms with Gasteiger partial charge in [-0.2, -0.15) is 5.10 Å². The smallest absolute Gasteiger partial charge is 0.266 e. The summed E-state index contributed by atoms with van der Waals surface area (Å²) >= 11 is 0. The highest BCUT2D eigenvalue weighted by Gasteiger charge is 2.25. The third-order valence-electron chi connectivity index (χ3n) is 4.51. The van der Waals surface area contributed by atoms with Gasteiger partial charge in [-0.1, -0.05) is 32.9 Å². The van der Waals surface area contributed by atoms with Gasteiger partial charge in [0.2, 0.25) is 0 Å². The predicted molar refractivity (Wildman–Crippen MR) is 97.9 cm³/mol. The van der Waals surface area contributed by atoms with E-state index in [-0.39, 0.29) is 16.9 Å². The number of carbonyl (C=O) groups excluding carboxylic acids is 1. The molecule has 1 amide bonds. The van der Waals surface area contributed by atoms with E-state index in [2.05, 4.69) is 31.2 Å². The summed E-state index contributed by atoms with van der Waals surface area (Å²) in [5.41, 5.74) is 2.72. The maximum Gasteiger partial charge on any atom is 0.266 e. The third kappa shape index (κ3) is 4.35. The van der Waals surface area contributed by atoms with Crippen molar-refractivity contribution in [1.29, 1.82) is 0 Å². The van der Waals surface area contributed by atoms with Crippen molar-refractivity contribution in [2.75, 3.05) is 6.54 Å². The maximum absolute atomic E-state index is 12.2. The zero-order valence-corrected chi connectivity index (χ0v) is 15.1. The maximum atomic E-state index is 12.2. The Bertz CT molecular complexity index is 812. The lowest BCUT2D eigenvalue weighted by atomic mass is 9.87. The van der Waals surface area contributed by atoms with Crippen LogP contribution >= 0.6 is 0 Å². The van der Waals surface area contributed by atoms with Crippen LogP contribution in [0.3, 0.4) is 0 Å². The van der Waals surface area contributed by atoms with E-state index in [9.17, 15) is 9.59 Å². The number of carbonyl (C=O) groups is 1. The third-order valence-corrected chi connectivity index (χ3v) is 4.51. The first-order valence-electron chi connectivity index (χ1n) is 8.81. The Morgan fingerprint density at radius 1 is 1.16 bits per heavy atom. The van der Waals surface area contributed by atoms with Crippen molar-refractivity contribution in [3.8, 4) is 0 Å². The average molecular weight is 339 g/mol. The zero-order valence-electron chi connectivity index (χ0n) is 15.1. The fourth-order valence-corrected chi connectivity index (χ4v) is 2.72. The molecule has 3 rings (SSSR count). The van der Waals surface area contributed by atoms with Crippen molar-refractivity contribution in [3.63, 3.8) is 0 Å². The normalized spacial score (nSPS) is 14.4. The Hall–Kier alpha value is -2.43. The van der Waals surface area contributed by atoms with Gasteiger partial charge in [0.05, 0.1) is 12.2 Å². The Morgan fingerprint density at radius 3 is 2.44 bits per heavy atom. The number of hydrogen-bond donors (Lipinski definition) is 1. The summed E-state index contributed by atoms with van der Waals surface area (Å²) in [6.45, 7) is 7.18. The van der Waals surface area contributed by atoms with Crippen molar-refractivity contribution < 1.29 is 4.79 Å². The van der Waals surface area contributed by atoms with Gasteiger partial charge in [-0.15, -0.1) is 0 Å². The van der Waals surface area contributed by atoms with Crippen LogP contribution < -0.4 is 10.9 Å². The largest absolute Gasteiger partial charge is 0.350 e. The Morgan fingerprint density at radius 2 is 1.84 bits per heavy atom. The van der Waals surface area contributed by atoms with Crippen LogP contribution in [0.1, 0.15) is 61.1 Å². The Kier molecular flexibility index (Phi) is 4.75. The highest BCUT2D eigenvalue weighted by molar-refractivity contribution is 5.94. The summed E-state index contributed by atoms with van der Waals surface area (Å²) in [4.78, 5) is 24.1. The molecule has 1 aromatic heterocycles. The van der Waals surface area contributed by atoms with Crippen molar-refractivity contribution in [2.45, 2.75) is 51.5 Å². The number of hydrogen-bond acceptors (Lipinski definition) is 3. The topological polar surface area (TPSA) is 64.0 Å². The van der Waals surface area contributed by atoms with Gasteiger partial charge < -0.3 is 5.32 Å². The molecule has 1 N–H and O–H groups in total. The molecule has 0 spiro atoms. The summed E-state index contributed by atoms with van der Waals surface area (Å²) in [6, 6.07) is 11.0. The molecular weight excluding hydrogens is 314 g/mol. The lowest BCUT2D eigenvalue weighted by Gasteiger charge is -2.19. The molecule has 1 aliphatic rings. The minimum absolute atomic E-state index is 0.0639. The molecule has 5 heteroatoms. The molecule has 5 nitrogen and oxygen atoms in total. The van der Waals surface area contributed by atoms with E-state index in [0.29, 0.717) is 24.6 Å². The monoisotopic (exact) mass is 339 g/mol. The molecule has 132 valence electrons.